The molecule has 20 nitrogen and oxygen atoms in total. The molecule has 0 radical (unpaired) electrons. The van der Waals surface area contributed by atoms with Gasteiger partial charge in [0.2, 0.25) is 0 Å². The molecule has 0 aliphatic carbocycles. The first-order chi connectivity index (χ1) is 39.1. The van der Waals surface area contributed by atoms with Gasteiger partial charge in [-0.3, -0.25) is 77.1 Å². The van der Waals surface area contributed by atoms with Crippen LogP contribution < -0.4 is 0 Å². The molecule has 0 fully saturated rings. The van der Waals surface area contributed by atoms with Gasteiger partial charge in [-0.1, -0.05) is 141 Å². The van der Waals surface area contributed by atoms with Crippen LogP contribution in [-0.4, -0.2) is 137 Å². The first kappa shape index (κ1) is 77.0. The zero-order valence-electron chi connectivity index (χ0n) is 50.4. The van der Waals surface area contributed by atoms with Crippen LogP contribution in [0.25, 0.3) is 0 Å². The van der Waals surface area contributed by atoms with E-state index in [4.69, 9.17) is 20.4 Å². The van der Waals surface area contributed by atoms with Crippen LogP contribution in [0.3, 0.4) is 0 Å². The third kappa shape index (κ3) is 35.7. The topological polar surface area (TPSA) is 299 Å². The van der Waals surface area contributed by atoms with Crippen molar-refractivity contribution in [3.63, 3.8) is 0 Å². The summed E-state index contributed by atoms with van der Waals surface area (Å²) in [5.74, 6) is -4.28. The van der Waals surface area contributed by atoms with E-state index in [-0.39, 0.29) is 92.4 Å². The molecule has 0 saturated heterocycles. The second-order valence-electron chi connectivity index (χ2n) is 21.7. The van der Waals surface area contributed by atoms with Crippen LogP contribution in [0.15, 0.2) is 46.6 Å². The Labute approximate surface area is 504 Å². The third-order valence-corrected chi connectivity index (χ3v) is 14.3. The molecule has 83 heavy (non-hydrogen) atoms. The summed E-state index contributed by atoms with van der Waals surface area (Å²) in [7, 11) is 0. The number of hydrogen-bond acceptors (Lipinski definition) is 12. The molecule has 4 aliphatic heterocycles. The maximum atomic E-state index is 11.6. The van der Waals surface area contributed by atoms with Crippen LogP contribution in [0.4, 0.5) is 0 Å². The molecule has 0 spiro atoms. The quantitative estimate of drug-likeness (QED) is 0.0251. The summed E-state index contributed by atoms with van der Waals surface area (Å²) in [5, 5.41) is 34.0. The normalized spacial score (nSPS) is 14.6. The van der Waals surface area contributed by atoms with Crippen molar-refractivity contribution in [1.82, 2.24) is 19.6 Å². The number of aliphatic carboxylic acids is 4. The molecule has 0 atom stereocenters. The van der Waals surface area contributed by atoms with Crippen molar-refractivity contribution in [3.8, 4) is 0 Å². The van der Waals surface area contributed by atoms with E-state index < -0.39 is 23.9 Å². The van der Waals surface area contributed by atoms with Gasteiger partial charge in [-0.15, -0.1) is 0 Å². The fraction of sp³-hybridized carbons (Fsp3) is 0.677. The molecule has 0 bridgehead atoms. The van der Waals surface area contributed by atoms with E-state index in [1.54, 1.807) is 27.7 Å². The predicted molar refractivity (Wildman–Crippen MR) is 309 cm³/mol. The predicted octanol–water partition coefficient (Wildman–Crippen LogP) is 10.8. The summed E-state index contributed by atoms with van der Waals surface area (Å²) in [4.78, 5) is 139. The van der Waals surface area contributed by atoms with Crippen LogP contribution in [-0.2, 0) is 77.0 Å². The smallest absolute Gasteiger partial charge is 0.303 e. The first-order valence-corrected chi connectivity index (χ1v) is 30.1. The maximum Gasteiger partial charge on any atom is 0.303 e. The third-order valence-electron chi connectivity index (χ3n) is 14.3. The largest absolute Gasteiger partial charge is 0.481 e. The number of imide groups is 4. The summed E-state index contributed by atoms with van der Waals surface area (Å²) in [6.45, 7) is 8.72. The summed E-state index contributed by atoms with van der Waals surface area (Å²) in [6, 6.07) is 0. The fourth-order valence-electron chi connectivity index (χ4n) is 9.47. The zero-order chi connectivity index (χ0) is 61.2. The van der Waals surface area contributed by atoms with Crippen LogP contribution in [0, 0.1) is 0 Å². The Balaban J connectivity index is 0.00000108. The average molecular weight is 1220 g/mol. The SMILES string of the molecule is CC1=CC(=O)N(CCCCCCCCCC(=O)O)C1=O.CC1=CC(=O)N(CCCCCCCCCC(=O)O)C1=O.CC1=CC(=O)N(CCCCCCCCCCC(=O)O)C1=O.CC1=CC(=O)N(CCCCCCCCCCC(=O)O)C1=O.[Zn]. The van der Waals surface area contributed by atoms with E-state index in [9.17, 15) is 57.5 Å². The van der Waals surface area contributed by atoms with Gasteiger partial charge < -0.3 is 20.4 Å². The number of carbonyl (C=O) groups is 12. The molecule has 4 N–H and O–H groups in total. The summed E-state index contributed by atoms with van der Waals surface area (Å²) in [5.41, 5.74) is 2.10. The van der Waals surface area contributed by atoms with Crippen molar-refractivity contribution in [2.45, 2.75) is 246 Å². The van der Waals surface area contributed by atoms with Crippen molar-refractivity contribution < 1.29 is 97.4 Å². The van der Waals surface area contributed by atoms with E-state index in [2.05, 4.69) is 0 Å². The Morgan fingerprint density at radius 1 is 0.265 bits per heavy atom. The van der Waals surface area contributed by atoms with E-state index >= 15 is 0 Å². The van der Waals surface area contributed by atoms with E-state index in [1.165, 1.54) is 43.9 Å². The molecular weight excluding hydrogens is 1120 g/mol. The Morgan fingerprint density at radius 3 is 0.518 bits per heavy atom. The first-order valence-electron chi connectivity index (χ1n) is 30.1. The molecule has 0 aromatic rings. The number of amides is 8. The number of hydrogen-bond donors (Lipinski definition) is 4. The van der Waals surface area contributed by atoms with E-state index in [1.807, 2.05) is 0 Å². The molecule has 8 amide bonds. The van der Waals surface area contributed by atoms with Crippen molar-refractivity contribution in [2.24, 2.45) is 0 Å². The number of carboxylic acids is 4. The summed E-state index contributed by atoms with van der Waals surface area (Å²) < 4.78 is 0. The van der Waals surface area contributed by atoms with Gasteiger partial charge in [0, 0.05) is 118 Å². The molecule has 4 heterocycles. The number of carbonyl (C=O) groups excluding carboxylic acids is 8. The molecular formula is C62H96N4O16Zn. The fourth-order valence-corrected chi connectivity index (χ4v) is 9.47. The number of carboxylic acid groups (broad SMARTS) is 4. The zero-order valence-corrected chi connectivity index (χ0v) is 53.3. The van der Waals surface area contributed by atoms with Gasteiger partial charge in [0.1, 0.15) is 0 Å². The standard InChI is InChI=1S/2C16H25NO4.2C15H23NO4.Zn/c2*1-13-12-14(18)17(16(13)21)11-9-7-5-3-2-4-6-8-10-15(19)20;2*1-12-11-13(17)16(15(12)20)10-8-6-4-2-3-5-7-9-14(18)19;/h2*12H,2-11H2,1H3,(H,19,20);2*11H,2-10H2,1H3,(H,18,19);. The molecule has 0 saturated carbocycles. The van der Waals surface area contributed by atoms with Crippen LogP contribution in [0.5, 0.6) is 0 Å². The van der Waals surface area contributed by atoms with Gasteiger partial charge in [-0.05, 0) is 79.1 Å². The van der Waals surface area contributed by atoms with E-state index in [0.717, 1.165) is 193 Å². The van der Waals surface area contributed by atoms with Crippen LogP contribution in [0.2, 0.25) is 0 Å². The Bertz CT molecular complexity index is 2100. The Hall–Kier alpha value is -5.98. The van der Waals surface area contributed by atoms with Gasteiger partial charge in [-0.2, -0.15) is 0 Å². The number of unbranched alkanes of at least 4 members (excludes halogenated alkanes) is 26. The van der Waals surface area contributed by atoms with Gasteiger partial charge in [-0.25, -0.2) is 0 Å². The van der Waals surface area contributed by atoms with Gasteiger partial charge >= 0.3 is 23.9 Å². The van der Waals surface area contributed by atoms with Crippen molar-refractivity contribution in [2.75, 3.05) is 26.2 Å². The molecule has 0 aromatic carbocycles. The Morgan fingerprint density at radius 2 is 0.398 bits per heavy atom. The van der Waals surface area contributed by atoms with Gasteiger partial charge in [0.15, 0.2) is 0 Å². The second-order valence-corrected chi connectivity index (χ2v) is 21.7. The average Bonchev–Trinajstić information content (AvgIpc) is 4.20. The van der Waals surface area contributed by atoms with Crippen molar-refractivity contribution in [3.05, 3.63) is 46.6 Å². The molecule has 462 valence electrons. The summed E-state index contributed by atoms with van der Waals surface area (Å²) >= 11 is 0. The minimum atomic E-state index is -0.728. The molecule has 21 heteroatoms. The minimum Gasteiger partial charge on any atom is -0.481 e. The van der Waals surface area contributed by atoms with Crippen LogP contribution in [0.1, 0.15) is 246 Å². The molecule has 0 unspecified atom stereocenters. The second kappa shape index (κ2) is 46.4. The maximum absolute atomic E-state index is 11.6. The van der Waals surface area contributed by atoms with Crippen molar-refractivity contribution >= 4 is 71.1 Å². The Kier molecular flexibility index (Phi) is 43.1. The minimum absolute atomic E-state index is 0. The number of rotatable bonds is 42. The monoisotopic (exact) mass is 1220 g/mol. The van der Waals surface area contributed by atoms with Crippen molar-refractivity contribution in [1.29, 1.82) is 0 Å². The molecule has 4 aliphatic rings. The van der Waals surface area contributed by atoms with E-state index in [0.29, 0.717) is 48.5 Å². The van der Waals surface area contributed by atoms with Gasteiger partial charge in [0.25, 0.3) is 47.3 Å². The molecule has 4 rings (SSSR count). The summed E-state index contributed by atoms with van der Waals surface area (Å²) in [6.07, 6.45) is 36.2. The van der Waals surface area contributed by atoms with Gasteiger partial charge in [0.05, 0.1) is 0 Å². The van der Waals surface area contributed by atoms with Crippen LogP contribution >= 0.6 is 0 Å². The molecule has 0 aromatic heterocycles. The number of nitrogens with zero attached hydrogens (tertiary/aromatic N) is 4.